The van der Waals surface area contributed by atoms with E-state index in [2.05, 4.69) is 48.9 Å². The normalized spacial score (nSPS) is 31.7. The van der Waals surface area contributed by atoms with Crippen LogP contribution in [0.2, 0.25) is 0 Å². The van der Waals surface area contributed by atoms with Gasteiger partial charge < -0.3 is 10.2 Å². The maximum Gasteiger partial charge on any atom is 0.0396 e. The smallest absolute Gasteiger partial charge is 0.0396 e. The van der Waals surface area contributed by atoms with Gasteiger partial charge in [0.05, 0.1) is 0 Å². The number of hydrogen-bond donors (Lipinski definition) is 1. The Labute approximate surface area is 92.3 Å². The van der Waals surface area contributed by atoms with Crippen molar-refractivity contribution >= 4 is 0 Å². The molecule has 0 aromatic carbocycles. The van der Waals surface area contributed by atoms with Gasteiger partial charge in [0.25, 0.3) is 0 Å². The summed E-state index contributed by atoms with van der Waals surface area (Å²) in [7, 11) is 0. The second-order valence-corrected chi connectivity index (χ2v) is 4.66. The van der Waals surface area contributed by atoms with Crippen molar-refractivity contribution in [1.29, 1.82) is 0 Å². The highest BCUT2D eigenvalue weighted by Gasteiger charge is 2.23. The Balaban J connectivity index is 2.12. The predicted molar refractivity (Wildman–Crippen MR) is 64.6 cm³/mol. The van der Waals surface area contributed by atoms with Crippen molar-refractivity contribution < 1.29 is 0 Å². The van der Waals surface area contributed by atoms with Gasteiger partial charge in [-0.2, -0.15) is 0 Å². The van der Waals surface area contributed by atoms with Crippen LogP contribution in [0.15, 0.2) is 36.1 Å². The van der Waals surface area contributed by atoms with Crippen LogP contribution in [0.5, 0.6) is 0 Å². The molecule has 1 saturated heterocycles. The first kappa shape index (κ1) is 10.5. The minimum Gasteiger partial charge on any atom is -0.368 e. The molecule has 2 unspecified atom stereocenters. The Kier molecular flexibility index (Phi) is 2.96. The number of nitrogens with zero attached hydrogens (tertiary/aromatic N) is 1. The fourth-order valence-electron chi connectivity index (χ4n) is 2.44. The summed E-state index contributed by atoms with van der Waals surface area (Å²) in [6, 6.07) is 1.13. The monoisotopic (exact) mass is 204 g/mol. The van der Waals surface area contributed by atoms with Gasteiger partial charge in [-0.3, -0.25) is 0 Å². The maximum atomic E-state index is 4.14. The highest BCUT2D eigenvalue weighted by molar-refractivity contribution is 5.36. The van der Waals surface area contributed by atoms with Gasteiger partial charge in [0, 0.05) is 30.9 Å². The Morgan fingerprint density at radius 2 is 2.00 bits per heavy atom. The van der Waals surface area contributed by atoms with Gasteiger partial charge in [0.1, 0.15) is 0 Å². The average molecular weight is 204 g/mol. The van der Waals surface area contributed by atoms with Crippen molar-refractivity contribution in [3.05, 3.63) is 36.1 Å². The van der Waals surface area contributed by atoms with Crippen LogP contribution in [0.25, 0.3) is 0 Å². The van der Waals surface area contributed by atoms with Crippen LogP contribution in [-0.4, -0.2) is 30.1 Å². The first-order valence-corrected chi connectivity index (χ1v) is 5.73. The van der Waals surface area contributed by atoms with E-state index in [1.165, 1.54) is 11.3 Å². The standard InChI is InChI=1S/C13H20N2/c1-10-6-4-5-7-13(10)15-8-11(2)14-12(3)9-15/h4-5,7,11-12,14H,1,6,8-9H2,2-3H3. The second kappa shape index (κ2) is 4.23. The molecule has 1 heterocycles. The van der Waals surface area contributed by atoms with Crippen molar-refractivity contribution in [3.8, 4) is 0 Å². The zero-order chi connectivity index (χ0) is 10.8. The third-order valence-corrected chi connectivity index (χ3v) is 3.01. The van der Waals surface area contributed by atoms with E-state index in [0.29, 0.717) is 12.1 Å². The number of hydrogen-bond acceptors (Lipinski definition) is 2. The molecule has 2 rings (SSSR count). The van der Waals surface area contributed by atoms with Crippen LogP contribution in [0.3, 0.4) is 0 Å². The molecule has 1 fully saturated rings. The summed E-state index contributed by atoms with van der Waals surface area (Å²) in [5.74, 6) is 0. The minimum absolute atomic E-state index is 0.563. The molecule has 1 aliphatic heterocycles. The second-order valence-electron chi connectivity index (χ2n) is 4.66. The number of allylic oxidation sites excluding steroid dienone is 4. The van der Waals surface area contributed by atoms with Crippen LogP contribution in [-0.2, 0) is 0 Å². The van der Waals surface area contributed by atoms with Crippen LogP contribution < -0.4 is 5.32 Å². The molecule has 2 aliphatic rings. The number of nitrogens with one attached hydrogen (secondary N) is 1. The molecule has 0 bridgehead atoms. The van der Waals surface area contributed by atoms with E-state index in [1.54, 1.807) is 0 Å². The first-order chi connectivity index (χ1) is 7.16. The quantitative estimate of drug-likeness (QED) is 0.703. The molecule has 1 N–H and O–H groups in total. The van der Waals surface area contributed by atoms with Crippen molar-refractivity contribution in [1.82, 2.24) is 10.2 Å². The average Bonchev–Trinajstić information content (AvgIpc) is 2.16. The third-order valence-electron chi connectivity index (χ3n) is 3.01. The topological polar surface area (TPSA) is 15.3 Å². The summed E-state index contributed by atoms with van der Waals surface area (Å²) in [5.41, 5.74) is 2.58. The summed E-state index contributed by atoms with van der Waals surface area (Å²) in [4.78, 5) is 2.46. The minimum atomic E-state index is 0.563. The Bertz CT molecular complexity index is 304. The lowest BCUT2D eigenvalue weighted by Crippen LogP contribution is -2.53. The molecule has 0 aromatic heterocycles. The fraction of sp³-hybridized carbons (Fsp3) is 0.538. The molecule has 2 atom stereocenters. The van der Waals surface area contributed by atoms with Crippen LogP contribution in [0.1, 0.15) is 20.3 Å². The summed E-state index contributed by atoms with van der Waals surface area (Å²) in [5, 5.41) is 3.55. The Hall–Kier alpha value is -1.02. The first-order valence-electron chi connectivity index (χ1n) is 5.73. The van der Waals surface area contributed by atoms with E-state index in [0.717, 1.165) is 19.5 Å². The van der Waals surface area contributed by atoms with Gasteiger partial charge in [-0.1, -0.05) is 18.7 Å². The molecule has 0 saturated carbocycles. The molecule has 1 aliphatic carbocycles. The molecule has 0 aromatic rings. The SMILES string of the molecule is C=C1CC=CC=C1N1CC(C)NC(C)C1. The molecule has 0 radical (unpaired) electrons. The van der Waals surface area contributed by atoms with E-state index in [4.69, 9.17) is 0 Å². The van der Waals surface area contributed by atoms with Crippen LogP contribution in [0.4, 0.5) is 0 Å². The van der Waals surface area contributed by atoms with E-state index < -0.39 is 0 Å². The lowest BCUT2D eigenvalue weighted by Gasteiger charge is -2.39. The zero-order valence-electron chi connectivity index (χ0n) is 9.66. The summed E-state index contributed by atoms with van der Waals surface area (Å²) >= 11 is 0. The summed E-state index contributed by atoms with van der Waals surface area (Å²) < 4.78 is 0. The van der Waals surface area contributed by atoms with Gasteiger partial charge in [-0.15, -0.1) is 0 Å². The lowest BCUT2D eigenvalue weighted by molar-refractivity contribution is 0.217. The molecular weight excluding hydrogens is 184 g/mol. The van der Waals surface area contributed by atoms with E-state index >= 15 is 0 Å². The lowest BCUT2D eigenvalue weighted by atomic mass is 10.0. The van der Waals surface area contributed by atoms with Gasteiger partial charge in [0.15, 0.2) is 0 Å². The number of piperazine rings is 1. The van der Waals surface area contributed by atoms with Crippen molar-refractivity contribution in [2.24, 2.45) is 0 Å². The molecule has 82 valence electrons. The van der Waals surface area contributed by atoms with E-state index in [-0.39, 0.29) is 0 Å². The number of rotatable bonds is 1. The van der Waals surface area contributed by atoms with Gasteiger partial charge >= 0.3 is 0 Å². The highest BCUT2D eigenvalue weighted by Crippen LogP contribution is 2.23. The predicted octanol–water partition coefficient (Wildman–Crippen LogP) is 2.07. The van der Waals surface area contributed by atoms with E-state index in [1.807, 2.05) is 0 Å². The van der Waals surface area contributed by atoms with Gasteiger partial charge in [-0.05, 0) is 31.9 Å². The van der Waals surface area contributed by atoms with Crippen molar-refractivity contribution in [2.75, 3.05) is 13.1 Å². The molecule has 15 heavy (non-hydrogen) atoms. The van der Waals surface area contributed by atoms with Gasteiger partial charge in [-0.25, -0.2) is 0 Å². The largest absolute Gasteiger partial charge is 0.368 e. The van der Waals surface area contributed by atoms with Crippen LogP contribution in [0, 0.1) is 0 Å². The fourth-order valence-corrected chi connectivity index (χ4v) is 2.44. The van der Waals surface area contributed by atoms with Crippen molar-refractivity contribution in [3.63, 3.8) is 0 Å². The highest BCUT2D eigenvalue weighted by atomic mass is 15.2. The summed E-state index contributed by atoms with van der Waals surface area (Å²) in [6.07, 6.45) is 7.50. The van der Waals surface area contributed by atoms with Crippen molar-refractivity contribution in [2.45, 2.75) is 32.4 Å². The van der Waals surface area contributed by atoms with Crippen LogP contribution >= 0.6 is 0 Å². The molecule has 2 nitrogen and oxygen atoms in total. The Morgan fingerprint density at radius 3 is 2.60 bits per heavy atom. The molecule has 0 spiro atoms. The molecule has 2 heteroatoms. The maximum absolute atomic E-state index is 4.14. The molecular formula is C13H20N2. The van der Waals surface area contributed by atoms with E-state index in [9.17, 15) is 0 Å². The van der Waals surface area contributed by atoms with Gasteiger partial charge in [0.2, 0.25) is 0 Å². The third kappa shape index (κ3) is 2.32. The zero-order valence-corrected chi connectivity index (χ0v) is 9.66. The summed E-state index contributed by atoms with van der Waals surface area (Å²) in [6.45, 7) is 10.8. The molecule has 0 amide bonds. The Morgan fingerprint density at radius 1 is 1.33 bits per heavy atom.